The second-order valence-corrected chi connectivity index (χ2v) is 4.14. The third-order valence-corrected chi connectivity index (χ3v) is 3.13. The fourth-order valence-electron chi connectivity index (χ4n) is 2.20. The van der Waals surface area contributed by atoms with E-state index in [4.69, 9.17) is 4.74 Å². The average molecular weight is 212 g/mol. The zero-order valence-electron chi connectivity index (χ0n) is 10.1. The summed E-state index contributed by atoms with van der Waals surface area (Å²) in [6.07, 6.45) is 3.22. The van der Waals surface area contributed by atoms with Crippen molar-refractivity contribution in [1.29, 1.82) is 0 Å². The van der Waals surface area contributed by atoms with Crippen molar-refractivity contribution in [2.24, 2.45) is 0 Å². The third kappa shape index (κ3) is 3.93. The van der Waals surface area contributed by atoms with Gasteiger partial charge in [-0.1, -0.05) is 13.0 Å². The molecule has 0 unspecified atom stereocenters. The first-order valence-electron chi connectivity index (χ1n) is 5.88. The summed E-state index contributed by atoms with van der Waals surface area (Å²) in [5, 5.41) is 0. The van der Waals surface area contributed by atoms with Crippen LogP contribution in [0.15, 0.2) is 12.7 Å². The highest BCUT2D eigenvalue weighted by atomic mass is 16.5. The van der Waals surface area contributed by atoms with Gasteiger partial charge in [0.1, 0.15) is 0 Å². The Balaban J connectivity index is 2.37. The molecule has 1 rings (SSSR count). The molecule has 1 saturated heterocycles. The highest BCUT2D eigenvalue weighted by molar-refractivity contribution is 4.84. The summed E-state index contributed by atoms with van der Waals surface area (Å²) in [5.41, 5.74) is 0. The molecule has 0 radical (unpaired) electrons. The second kappa shape index (κ2) is 6.99. The fraction of sp³-hybridized carbons (Fsp3) is 0.833. The highest BCUT2D eigenvalue weighted by Gasteiger charge is 2.24. The molecule has 1 fully saturated rings. The predicted octanol–water partition coefficient (Wildman–Crippen LogP) is 1.21. The number of rotatable bonds is 6. The summed E-state index contributed by atoms with van der Waals surface area (Å²) in [5.74, 6) is 0. The molecule has 0 aromatic carbocycles. The largest absolute Gasteiger partial charge is 0.383 e. The van der Waals surface area contributed by atoms with Crippen LogP contribution in [0.2, 0.25) is 0 Å². The van der Waals surface area contributed by atoms with Gasteiger partial charge in [0.15, 0.2) is 0 Å². The SMILES string of the molecule is C=CCN1CCN(CCOC)[C@@H](CC)C1. The number of ether oxygens (including phenoxy) is 1. The van der Waals surface area contributed by atoms with Crippen molar-refractivity contribution in [1.82, 2.24) is 9.80 Å². The van der Waals surface area contributed by atoms with Gasteiger partial charge in [-0.05, 0) is 6.42 Å². The van der Waals surface area contributed by atoms with E-state index in [1.54, 1.807) is 7.11 Å². The molecular weight excluding hydrogens is 188 g/mol. The summed E-state index contributed by atoms with van der Waals surface area (Å²) in [6.45, 7) is 12.5. The van der Waals surface area contributed by atoms with Crippen molar-refractivity contribution < 1.29 is 4.74 Å². The average Bonchev–Trinajstić information content (AvgIpc) is 2.27. The summed E-state index contributed by atoms with van der Waals surface area (Å²) >= 11 is 0. The van der Waals surface area contributed by atoms with Crippen LogP contribution in [0, 0.1) is 0 Å². The summed E-state index contributed by atoms with van der Waals surface area (Å²) in [4.78, 5) is 5.02. The van der Waals surface area contributed by atoms with Crippen LogP contribution >= 0.6 is 0 Å². The first-order valence-corrected chi connectivity index (χ1v) is 5.88. The Bertz CT molecular complexity index is 184. The lowest BCUT2D eigenvalue weighted by molar-refractivity contribution is 0.0547. The Morgan fingerprint density at radius 3 is 2.87 bits per heavy atom. The van der Waals surface area contributed by atoms with Gasteiger partial charge in [-0.2, -0.15) is 0 Å². The van der Waals surface area contributed by atoms with Gasteiger partial charge in [0, 0.05) is 45.9 Å². The molecule has 0 amide bonds. The van der Waals surface area contributed by atoms with E-state index in [0.29, 0.717) is 6.04 Å². The van der Waals surface area contributed by atoms with Crippen LogP contribution < -0.4 is 0 Å². The Morgan fingerprint density at radius 2 is 2.27 bits per heavy atom. The quantitative estimate of drug-likeness (QED) is 0.616. The monoisotopic (exact) mass is 212 g/mol. The van der Waals surface area contributed by atoms with Crippen molar-refractivity contribution >= 4 is 0 Å². The lowest BCUT2D eigenvalue weighted by Gasteiger charge is -2.40. The third-order valence-electron chi connectivity index (χ3n) is 3.13. The molecule has 0 bridgehead atoms. The molecule has 0 aromatic rings. The Labute approximate surface area is 93.7 Å². The minimum atomic E-state index is 0.689. The van der Waals surface area contributed by atoms with Crippen molar-refractivity contribution in [3.05, 3.63) is 12.7 Å². The molecule has 3 heteroatoms. The normalized spacial score (nSPS) is 24.3. The summed E-state index contributed by atoms with van der Waals surface area (Å²) < 4.78 is 5.14. The van der Waals surface area contributed by atoms with Gasteiger partial charge >= 0.3 is 0 Å². The van der Waals surface area contributed by atoms with E-state index < -0.39 is 0 Å². The molecule has 0 spiro atoms. The fourth-order valence-corrected chi connectivity index (χ4v) is 2.20. The summed E-state index contributed by atoms with van der Waals surface area (Å²) in [7, 11) is 1.77. The van der Waals surface area contributed by atoms with Gasteiger partial charge in [0.2, 0.25) is 0 Å². The van der Waals surface area contributed by atoms with Gasteiger partial charge in [-0.25, -0.2) is 0 Å². The molecule has 88 valence electrons. The zero-order valence-corrected chi connectivity index (χ0v) is 10.1. The van der Waals surface area contributed by atoms with Crippen LogP contribution in [0.1, 0.15) is 13.3 Å². The molecule has 0 aromatic heterocycles. The van der Waals surface area contributed by atoms with Crippen molar-refractivity contribution in [2.45, 2.75) is 19.4 Å². The summed E-state index contributed by atoms with van der Waals surface area (Å²) in [6, 6.07) is 0.689. The van der Waals surface area contributed by atoms with Crippen molar-refractivity contribution in [2.75, 3.05) is 46.4 Å². The van der Waals surface area contributed by atoms with Gasteiger partial charge in [-0.15, -0.1) is 6.58 Å². The van der Waals surface area contributed by atoms with Crippen LogP contribution in [0.5, 0.6) is 0 Å². The maximum atomic E-state index is 5.14. The van der Waals surface area contributed by atoms with Crippen molar-refractivity contribution in [3.63, 3.8) is 0 Å². The van der Waals surface area contributed by atoms with E-state index in [1.807, 2.05) is 6.08 Å². The molecule has 0 saturated carbocycles. The molecule has 0 aliphatic carbocycles. The number of hydrogen-bond donors (Lipinski definition) is 0. The zero-order chi connectivity index (χ0) is 11.1. The molecule has 0 N–H and O–H groups in total. The van der Waals surface area contributed by atoms with Gasteiger partial charge in [0.05, 0.1) is 6.61 Å². The number of hydrogen-bond acceptors (Lipinski definition) is 3. The molecule has 3 nitrogen and oxygen atoms in total. The first kappa shape index (κ1) is 12.7. The minimum absolute atomic E-state index is 0.689. The van der Waals surface area contributed by atoms with Crippen molar-refractivity contribution in [3.8, 4) is 0 Å². The molecule has 1 aliphatic rings. The Hall–Kier alpha value is -0.380. The number of nitrogens with zero attached hydrogens (tertiary/aromatic N) is 2. The maximum absolute atomic E-state index is 5.14. The van der Waals surface area contributed by atoms with E-state index in [0.717, 1.165) is 32.8 Å². The number of piperazine rings is 1. The van der Waals surface area contributed by atoms with Gasteiger partial charge in [-0.3, -0.25) is 9.80 Å². The van der Waals surface area contributed by atoms with Crippen LogP contribution in [0.3, 0.4) is 0 Å². The van der Waals surface area contributed by atoms with E-state index in [-0.39, 0.29) is 0 Å². The highest BCUT2D eigenvalue weighted by Crippen LogP contribution is 2.12. The Kier molecular flexibility index (Phi) is 5.91. The van der Waals surface area contributed by atoms with E-state index in [2.05, 4.69) is 23.3 Å². The lowest BCUT2D eigenvalue weighted by Crippen LogP contribution is -2.53. The van der Waals surface area contributed by atoms with E-state index >= 15 is 0 Å². The molecule has 1 aliphatic heterocycles. The van der Waals surface area contributed by atoms with Crippen LogP contribution in [-0.4, -0.2) is 62.3 Å². The topological polar surface area (TPSA) is 15.7 Å². The van der Waals surface area contributed by atoms with Gasteiger partial charge < -0.3 is 4.74 Å². The molecule has 15 heavy (non-hydrogen) atoms. The second-order valence-electron chi connectivity index (χ2n) is 4.14. The maximum Gasteiger partial charge on any atom is 0.0589 e. The molecule has 1 atom stereocenters. The number of methoxy groups -OCH3 is 1. The first-order chi connectivity index (χ1) is 7.31. The molecule has 1 heterocycles. The minimum Gasteiger partial charge on any atom is -0.383 e. The Morgan fingerprint density at radius 1 is 1.47 bits per heavy atom. The van der Waals surface area contributed by atoms with Crippen LogP contribution in [-0.2, 0) is 4.74 Å². The lowest BCUT2D eigenvalue weighted by atomic mass is 10.1. The van der Waals surface area contributed by atoms with E-state index in [1.165, 1.54) is 13.0 Å². The predicted molar refractivity (Wildman–Crippen MR) is 64.2 cm³/mol. The standard InChI is InChI=1S/C12H24N2O/c1-4-6-13-7-8-14(9-10-15-3)12(5-2)11-13/h4,12H,1,5-11H2,2-3H3/t12-/m0/s1. The van der Waals surface area contributed by atoms with Crippen LogP contribution in [0.4, 0.5) is 0 Å². The van der Waals surface area contributed by atoms with Crippen LogP contribution in [0.25, 0.3) is 0 Å². The smallest absolute Gasteiger partial charge is 0.0589 e. The van der Waals surface area contributed by atoms with E-state index in [9.17, 15) is 0 Å². The molecular formula is C12H24N2O. The van der Waals surface area contributed by atoms with Gasteiger partial charge in [0.25, 0.3) is 0 Å².